The van der Waals surface area contributed by atoms with Crippen molar-refractivity contribution in [2.45, 2.75) is 0 Å². The predicted molar refractivity (Wildman–Crippen MR) is 576 cm³/mol. The Balaban J connectivity index is 0.000000105. The maximum atomic E-state index is 5.18. The van der Waals surface area contributed by atoms with E-state index in [4.69, 9.17) is 15.0 Å². The summed E-state index contributed by atoms with van der Waals surface area (Å²) >= 11 is 0. The molecule has 0 fully saturated rings. The highest BCUT2D eigenvalue weighted by atomic mass is 15.0. The van der Waals surface area contributed by atoms with Crippen molar-refractivity contribution in [1.82, 2.24) is 47.3 Å². The summed E-state index contributed by atoms with van der Waals surface area (Å²) in [6.45, 7) is 0. The van der Waals surface area contributed by atoms with Crippen LogP contribution >= 0.6 is 0 Å². The summed E-state index contributed by atoms with van der Waals surface area (Å²) < 4.78 is 14.4. The summed E-state index contributed by atoms with van der Waals surface area (Å²) in [5, 5.41) is 18.4. The third-order valence-corrected chi connectivity index (χ3v) is 27.7. The predicted octanol–water partition coefficient (Wildman–Crippen LogP) is 33.0. The molecule has 0 amide bonds. The summed E-state index contributed by atoms with van der Waals surface area (Å²) in [5.74, 6) is 0. The van der Waals surface area contributed by atoms with Gasteiger partial charge < -0.3 is 27.4 Å². The Kier molecular flexibility index (Phi) is 18.7. The van der Waals surface area contributed by atoms with Crippen molar-refractivity contribution < 1.29 is 0 Å². The topological polar surface area (TPSA) is 81.1 Å². The second kappa shape index (κ2) is 32.7. The van der Waals surface area contributed by atoms with Crippen molar-refractivity contribution in [3.05, 3.63) is 498 Å². The van der Waals surface area contributed by atoms with Gasteiger partial charge >= 0.3 is 0 Å². The lowest BCUT2D eigenvalue weighted by molar-refractivity contribution is 1.16. The van der Waals surface area contributed by atoms with Crippen molar-refractivity contribution in [1.29, 1.82) is 0 Å². The molecule has 138 heavy (non-hydrogen) atoms. The van der Waals surface area contributed by atoms with Gasteiger partial charge in [-0.05, 0) is 216 Å². The Morgan fingerprint density at radius 3 is 0.877 bits per heavy atom. The molecule has 0 saturated carbocycles. The summed E-state index contributed by atoms with van der Waals surface area (Å²) in [5.41, 5.74) is 34.7. The van der Waals surface area contributed by atoms with Gasteiger partial charge in [-0.25, -0.2) is 19.9 Å². The Morgan fingerprint density at radius 1 is 0.145 bits per heavy atom. The van der Waals surface area contributed by atoms with Crippen molar-refractivity contribution in [3.63, 3.8) is 0 Å². The van der Waals surface area contributed by atoms with Gasteiger partial charge in [-0.15, -0.1) is 0 Å². The van der Waals surface area contributed by atoms with E-state index in [2.05, 4.69) is 512 Å². The molecule has 10 heteroatoms. The number of rotatable bonds is 11. The van der Waals surface area contributed by atoms with Crippen LogP contribution in [0.5, 0.6) is 0 Å². The summed E-state index contributed by atoms with van der Waals surface area (Å²) in [7, 11) is 0. The van der Waals surface area contributed by atoms with Gasteiger partial charge in [0.2, 0.25) is 0 Å². The molecule has 0 aliphatic rings. The number of benzene rings is 19. The average molecular weight is 1760 g/mol. The maximum Gasteiger partial charge on any atom is 0.159 e. The van der Waals surface area contributed by atoms with Crippen molar-refractivity contribution in [2.75, 3.05) is 0 Å². The van der Waals surface area contributed by atoms with E-state index >= 15 is 0 Å². The van der Waals surface area contributed by atoms with Crippen molar-refractivity contribution in [2.24, 2.45) is 0 Å². The van der Waals surface area contributed by atoms with E-state index in [1.807, 2.05) is 12.1 Å². The molecule has 0 spiro atoms. The highest BCUT2D eigenvalue weighted by Crippen LogP contribution is 2.46. The monoisotopic (exact) mass is 1760 g/mol. The fourth-order valence-corrected chi connectivity index (χ4v) is 21.6. The van der Waals surface area contributed by atoms with Crippen LogP contribution in [-0.4, -0.2) is 47.3 Å². The van der Waals surface area contributed by atoms with Gasteiger partial charge in [0.05, 0.1) is 94.3 Å². The minimum absolute atomic E-state index is 0.758. The molecule has 0 aliphatic carbocycles. The van der Waals surface area contributed by atoms with Gasteiger partial charge in [0.25, 0.3) is 0 Å². The first-order chi connectivity index (χ1) is 68.5. The molecular formula is C128H82N10. The molecule has 0 radical (unpaired) electrons. The third kappa shape index (κ3) is 13.2. The molecule has 0 bridgehead atoms. The van der Waals surface area contributed by atoms with Crippen LogP contribution in [0.1, 0.15) is 0 Å². The van der Waals surface area contributed by atoms with Gasteiger partial charge in [0.15, 0.2) is 5.65 Å². The van der Waals surface area contributed by atoms with Gasteiger partial charge in [-0.2, -0.15) is 0 Å². The standard InChI is InChI=1S/2C45H29N3.C38H24N4/c1-3-14-30(15-4-1)37-28-41(46-40-23-10-7-20-34(37)40)31-16-13-19-33(26-31)48-43-25-12-9-22-36(43)39-27-38-35-21-8-11-24-42(35)47(44(38)29-45(39)48)32-17-5-2-6-18-32;1-3-12-30(13-4-1)34-18-11-19-41-35(34)26-27-40(46-41)31-22-24-33(25-23-31)48-43-21-10-8-17-37(43)39-28-38-36-16-7-9-20-42(36)47(44(38)29-45(39)48)32-14-5-2-6-15-32;1-2-12-27(13-3-1)41-34-17-6-4-15-29(34)31-23-32-30-16-5-7-18-35(30)42(37(32)24-36(31)41)28-14-8-10-26(22-28)33-20-19-25-11-9-21-39-38(25)40-33/h2*1-29H;1-24H. The van der Waals surface area contributed by atoms with Crippen molar-refractivity contribution in [3.8, 4) is 90.2 Å². The van der Waals surface area contributed by atoms with Crippen LogP contribution in [0.15, 0.2) is 498 Å². The highest BCUT2D eigenvalue weighted by molar-refractivity contribution is 6.23. The quantitative estimate of drug-likeness (QED) is 0.129. The first kappa shape index (κ1) is 79.1. The summed E-state index contributed by atoms with van der Waals surface area (Å²) in [6.07, 6.45) is 1.79. The number of fused-ring (bicyclic) bond motifs is 21. The number of nitrogens with zero attached hydrogens (tertiary/aromatic N) is 10. The van der Waals surface area contributed by atoms with Crippen LogP contribution in [0.4, 0.5) is 0 Å². The number of aromatic nitrogens is 10. The molecular weight excluding hydrogens is 1680 g/mol. The van der Waals surface area contributed by atoms with Crippen LogP contribution in [-0.2, 0) is 0 Å². The number of hydrogen-bond donors (Lipinski definition) is 0. The van der Waals surface area contributed by atoms with Gasteiger partial charge in [0, 0.05) is 138 Å². The van der Waals surface area contributed by atoms with Crippen molar-refractivity contribution >= 4 is 164 Å². The fourth-order valence-electron chi connectivity index (χ4n) is 21.6. The molecule has 29 aromatic rings. The molecule has 19 aromatic carbocycles. The smallest absolute Gasteiger partial charge is 0.159 e. The van der Waals surface area contributed by atoms with E-state index in [-0.39, 0.29) is 0 Å². The van der Waals surface area contributed by atoms with Gasteiger partial charge in [-0.1, -0.05) is 297 Å². The largest absolute Gasteiger partial charge is 0.309 e. The summed E-state index contributed by atoms with van der Waals surface area (Å²) in [4.78, 5) is 19.6. The normalized spacial score (nSPS) is 11.8. The zero-order valence-electron chi connectivity index (χ0n) is 74.8. The molecule has 0 unspecified atom stereocenters. The molecule has 10 aromatic heterocycles. The van der Waals surface area contributed by atoms with Crippen LogP contribution in [0.2, 0.25) is 0 Å². The Hall–Kier alpha value is -18.6. The molecule has 29 rings (SSSR count). The van der Waals surface area contributed by atoms with Crippen LogP contribution in [0.25, 0.3) is 254 Å². The SMILES string of the molecule is c1ccc(-c2cc(-c3cccc(-n4c5ccccc5c5cc6c7ccccc7n(-c7ccccc7)c6cc54)c3)nc3ccccc23)cc1.c1ccc(-c2cccc3nc(-c4ccc(-n5c6ccccc6c6cc7c8ccccc8n(-c8ccccc8)c7cc65)cc4)ccc23)cc1.c1ccc(-n2c3ccccc3c3cc4c5ccccc5n(-c5cccc(-c6ccc7cccnc7n6)c5)c4cc32)cc1. The third-order valence-electron chi connectivity index (χ3n) is 27.7. The molecule has 0 atom stereocenters. The number of para-hydroxylation sites is 10. The molecule has 0 aliphatic heterocycles. The van der Waals surface area contributed by atoms with E-state index in [0.29, 0.717) is 0 Å². The summed E-state index contributed by atoms with van der Waals surface area (Å²) in [6, 6.07) is 176. The fraction of sp³-hybridized carbons (Fsp3) is 0. The second-order valence-corrected chi connectivity index (χ2v) is 35.5. The molecule has 0 saturated heterocycles. The van der Waals surface area contributed by atoms with Gasteiger partial charge in [-0.3, -0.25) is 0 Å². The Labute approximate surface area is 793 Å². The molecule has 644 valence electrons. The zero-order chi connectivity index (χ0) is 90.8. The van der Waals surface area contributed by atoms with E-state index in [0.717, 1.165) is 101 Å². The Bertz CT molecular complexity index is 9900. The minimum atomic E-state index is 0.758. The second-order valence-electron chi connectivity index (χ2n) is 35.5. The van der Waals surface area contributed by atoms with Gasteiger partial charge in [0.1, 0.15) is 0 Å². The Morgan fingerprint density at radius 2 is 0.449 bits per heavy atom. The van der Waals surface area contributed by atoms with Crippen LogP contribution in [0.3, 0.4) is 0 Å². The number of hydrogen-bond acceptors (Lipinski definition) is 4. The average Bonchev–Trinajstić information content (AvgIpc) is 1.56. The zero-order valence-corrected chi connectivity index (χ0v) is 74.8. The van der Waals surface area contributed by atoms with E-state index in [1.165, 1.54) is 153 Å². The van der Waals surface area contributed by atoms with E-state index in [1.54, 1.807) is 6.20 Å². The van der Waals surface area contributed by atoms with Crippen LogP contribution < -0.4 is 0 Å². The lowest BCUT2D eigenvalue weighted by atomic mass is 9.98. The first-order valence-electron chi connectivity index (χ1n) is 47.0. The lowest BCUT2D eigenvalue weighted by Gasteiger charge is -2.13. The van der Waals surface area contributed by atoms with Crippen LogP contribution in [0, 0.1) is 0 Å². The molecule has 10 nitrogen and oxygen atoms in total. The maximum absolute atomic E-state index is 5.18. The molecule has 10 heterocycles. The molecule has 0 N–H and O–H groups in total. The first-order valence-corrected chi connectivity index (χ1v) is 47.0. The number of pyridine rings is 4. The van der Waals surface area contributed by atoms with E-state index in [9.17, 15) is 0 Å². The van der Waals surface area contributed by atoms with E-state index < -0.39 is 0 Å². The lowest BCUT2D eigenvalue weighted by Crippen LogP contribution is -1.96. The minimum Gasteiger partial charge on any atom is -0.309 e. The highest BCUT2D eigenvalue weighted by Gasteiger charge is 2.25.